The fourth-order valence-corrected chi connectivity index (χ4v) is 3.74. The van der Waals surface area contributed by atoms with E-state index in [2.05, 4.69) is 26.3 Å². The van der Waals surface area contributed by atoms with Crippen LogP contribution in [0.25, 0.3) is 11.3 Å². The predicted molar refractivity (Wildman–Crippen MR) is 93.3 cm³/mol. The Morgan fingerprint density at radius 2 is 2.17 bits per heavy atom. The molecule has 2 aliphatic rings. The summed E-state index contributed by atoms with van der Waals surface area (Å²) in [6, 6.07) is 12.1. The Bertz CT molecular complexity index is 782. The number of rotatable bonds is 2. The molecular weight excluding hydrogens is 300 g/mol. The second kappa shape index (κ2) is 6.10. The third kappa shape index (κ3) is 2.79. The maximum Gasteiger partial charge on any atom is 0.222 e. The van der Waals surface area contributed by atoms with Crippen molar-refractivity contribution in [2.75, 3.05) is 30.3 Å². The molecule has 24 heavy (non-hydrogen) atoms. The lowest BCUT2D eigenvalue weighted by atomic mass is 9.94. The number of anilines is 2. The van der Waals surface area contributed by atoms with Crippen molar-refractivity contribution < 1.29 is 0 Å². The van der Waals surface area contributed by atoms with Crippen molar-refractivity contribution in [3.05, 3.63) is 35.9 Å². The van der Waals surface area contributed by atoms with Crippen LogP contribution in [0.1, 0.15) is 18.4 Å². The summed E-state index contributed by atoms with van der Waals surface area (Å²) in [6.45, 7) is 3.07. The number of aromatic nitrogens is 2. The second-order valence-corrected chi connectivity index (χ2v) is 6.53. The average Bonchev–Trinajstić information content (AvgIpc) is 3.05. The van der Waals surface area contributed by atoms with Gasteiger partial charge in [0.2, 0.25) is 5.95 Å². The molecular formula is C18H20N6. The Hall–Kier alpha value is -2.65. The molecule has 2 aromatic rings. The first-order valence-corrected chi connectivity index (χ1v) is 8.36. The lowest BCUT2D eigenvalue weighted by molar-refractivity contribution is 0.340. The molecule has 2 saturated heterocycles. The highest BCUT2D eigenvalue weighted by Crippen LogP contribution is 2.30. The number of nitrogens with one attached hydrogen (secondary N) is 1. The topological polar surface area (TPSA) is 90.9 Å². The van der Waals surface area contributed by atoms with E-state index in [1.165, 1.54) is 12.8 Å². The van der Waals surface area contributed by atoms with Gasteiger partial charge in [-0.25, -0.2) is 4.98 Å². The molecule has 1 aromatic carbocycles. The smallest absolute Gasteiger partial charge is 0.222 e. The summed E-state index contributed by atoms with van der Waals surface area (Å²) < 4.78 is 0. The van der Waals surface area contributed by atoms with Gasteiger partial charge in [-0.05, 0) is 37.4 Å². The Morgan fingerprint density at radius 3 is 3.00 bits per heavy atom. The molecule has 0 spiro atoms. The molecule has 3 heterocycles. The Morgan fingerprint density at radius 1 is 1.25 bits per heavy atom. The molecule has 0 aliphatic carbocycles. The van der Waals surface area contributed by atoms with E-state index in [4.69, 9.17) is 11.0 Å². The number of nitrogens with two attached hydrogens (primary N) is 1. The van der Waals surface area contributed by atoms with Crippen LogP contribution in [0.5, 0.6) is 0 Å². The fourth-order valence-electron chi connectivity index (χ4n) is 3.74. The van der Waals surface area contributed by atoms with Gasteiger partial charge in [-0.15, -0.1) is 0 Å². The van der Waals surface area contributed by atoms with Gasteiger partial charge in [0.15, 0.2) is 0 Å². The Kier molecular flexibility index (Phi) is 3.79. The zero-order valence-electron chi connectivity index (χ0n) is 13.4. The largest absolute Gasteiger partial charge is 0.368 e. The average molecular weight is 320 g/mol. The van der Waals surface area contributed by atoms with Crippen LogP contribution >= 0.6 is 0 Å². The molecule has 0 radical (unpaired) electrons. The predicted octanol–water partition coefficient (Wildman–Crippen LogP) is 1.79. The van der Waals surface area contributed by atoms with Crippen molar-refractivity contribution in [3.63, 3.8) is 0 Å². The van der Waals surface area contributed by atoms with E-state index in [1.807, 2.05) is 24.3 Å². The third-order valence-corrected chi connectivity index (χ3v) is 4.94. The van der Waals surface area contributed by atoms with Crippen LogP contribution in [0.15, 0.2) is 30.3 Å². The van der Waals surface area contributed by atoms with E-state index in [1.54, 1.807) is 6.07 Å². The highest BCUT2D eigenvalue weighted by Gasteiger charge is 2.35. The van der Waals surface area contributed by atoms with Gasteiger partial charge in [0, 0.05) is 30.8 Å². The third-order valence-electron chi connectivity index (χ3n) is 4.94. The minimum absolute atomic E-state index is 0.271. The lowest BCUT2D eigenvalue weighted by Crippen LogP contribution is -2.40. The second-order valence-electron chi connectivity index (χ2n) is 6.53. The van der Waals surface area contributed by atoms with E-state index in [0.29, 0.717) is 17.5 Å². The molecule has 2 atom stereocenters. The standard InChI is InChI=1S/C18H20N6/c19-9-12-3-1-4-13(7-12)15-8-17(23-18(20)22-15)24-10-14-5-2-6-21-16(14)11-24/h1,3-4,7-8,14,16,21H,2,5-6,10-11H2,(H2,20,22,23)/t14?,16-/m0/s1. The van der Waals surface area contributed by atoms with E-state index < -0.39 is 0 Å². The molecule has 6 heteroatoms. The fraction of sp³-hybridized carbons (Fsp3) is 0.389. The van der Waals surface area contributed by atoms with Gasteiger partial charge < -0.3 is 16.0 Å². The van der Waals surface area contributed by atoms with Gasteiger partial charge in [0.1, 0.15) is 5.82 Å². The normalized spacial score (nSPS) is 22.9. The van der Waals surface area contributed by atoms with E-state index in [-0.39, 0.29) is 5.95 Å². The molecule has 122 valence electrons. The number of benzene rings is 1. The van der Waals surface area contributed by atoms with E-state index >= 15 is 0 Å². The van der Waals surface area contributed by atoms with Crippen LogP contribution in [0, 0.1) is 17.2 Å². The summed E-state index contributed by atoms with van der Waals surface area (Å²) in [7, 11) is 0. The Balaban J connectivity index is 1.65. The van der Waals surface area contributed by atoms with Crippen LogP contribution in [0.3, 0.4) is 0 Å². The quantitative estimate of drug-likeness (QED) is 0.876. The molecule has 1 unspecified atom stereocenters. The molecule has 6 nitrogen and oxygen atoms in total. The van der Waals surface area contributed by atoms with Crippen LogP contribution in [0.2, 0.25) is 0 Å². The molecule has 1 aromatic heterocycles. The molecule has 0 bridgehead atoms. The zero-order valence-corrected chi connectivity index (χ0v) is 13.4. The monoisotopic (exact) mass is 320 g/mol. The number of hydrogen-bond donors (Lipinski definition) is 2. The maximum absolute atomic E-state index is 9.09. The number of hydrogen-bond acceptors (Lipinski definition) is 6. The number of nitrogen functional groups attached to an aromatic ring is 1. The van der Waals surface area contributed by atoms with Gasteiger partial charge in [-0.2, -0.15) is 10.2 Å². The Labute approximate surface area is 141 Å². The molecule has 2 aliphatic heterocycles. The van der Waals surface area contributed by atoms with E-state index in [0.717, 1.165) is 36.7 Å². The van der Waals surface area contributed by atoms with Crippen molar-refractivity contribution in [3.8, 4) is 17.3 Å². The molecule has 3 N–H and O–H groups in total. The number of piperidine rings is 1. The summed E-state index contributed by atoms with van der Waals surface area (Å²) in [5.74, 6) is 1.82. The van der Waals surface area contributed by atoms with Gasteiger partial charge in [0.05, 0.1) is 17.3 Å². The summed E-state index contributed by atoms with van der Waals surface area (Å²) in [5.41, 5.74) is 8.22. The summed E-state index contributed by atoms with van der Waals surface area (Å²) >= 11 is 0. The first-order chi connectivity index (χ1) is 11.7. The highest BCUT2D eigenvalue weighted by molar-refractivity contribution is 5.66. The highest BCUT2D eigenvalue weighted by atomic mass is 15.3. The van der Waals surface area contributed by atoms with Crippen LogP contribution in [0.4, 0.5) is 11.8 Å². The van der Waals surface area contributed by atoms with Gasteiger partial charge in [0.25, 0.3) is 0 Å². The summed E-state index contributed by atoms with van der Waals surface area (Å²) in [4.78, 5) is 11.1. The SMILES string of the molecule is N#Cc1cccc(-c2cc(N3CC4CCCN[C@H]4C3)nc(N)n2)c1. The van der Waals surface area contributed by atoms with Crippen LogP contribution in [-0.2, 0) is 0 Å². The number of nitrogens with zero attached hydrogens (tertiary/aromatic N) is 4. The van der Waals surface area contributed by atoms with Gasteiger partial charge in [-0.1, -0.05) is 12.1 Å². The first-order valence-electron chi connectivity index (χ1n) is 8.36. The molecule has 4 rings (SSSR count). The zero-order chi connectivity index (χ0) is 16.5. The number of nitriles is 1. The van der Waals surface area contributed by atoms with Crippen molar-refractivity contribution in [2.45, 2.75) is 18.9 Å². The van der Waals surface area contributed by atoms with Crippen LogP contribution < -0.4 is 16.0 Å². The van der Waals surface area contributed by atoms with Gasteiger partial charge in [-0.3, -0.25) is 0 Å². The van der Waals surface area contributed by atoms with Crippen molar-refractivity contribution in [1.82, 2.24) is 15.3 Å². The van der Waals surface area contributed by atoms with Crippen LogP contribution in [-0.4, -0.2) is 35.6 Å². The van der Waals surface area contributed by atoms with Crippen molar-refractivity contribution in [1.29, 1.82) is 5.26 Å². The molecule has 2 fully saturated rings. The molecule has 0 amide bonds. The minimum atomic E-state index is 0.271. The summed E-state index contributed by atoms with van der Waals surface area (Å²) in [6.07, 6.45) is 2.51. The molecule has 0 saturated carbocycles. The maximum atomic E-state index is 9.09. The summed E-state index contributed by atoms with van der Waals surface area (Å²) in [5, 5.41) is 12.7. The lowest BCUT2D eigenvalue weighted by Gasteiger charge is -2.24. The first kappa shape index (κ1) is 14.9. The van der Waals surface area contributed by atoms with Crippen molar-refractivity contribution >= 4 is 11.8 Å². The number of fused-ring (bicyclic) bond motifs is 1. The van der Waals surface area contributed by atoms with E-state index in [9.17, 15) is 0 Å². The van der Waals surface area contributed by atoms with Crippen molar-refractivity contribution in [2.24, 2.45) is 5.92 Å². The van der Waals surface area contributed by atoms with Gasteiger partial charge >= 0.3 is 0 Å². The minimum Gasteiger partial charge on any atom is -0.368 e.